The SMILES string of the molecule is CCNc1cc(NC(C)Cc2ccsc2)nc(COC)n1. The molecule has 0 saturated carbocycles. The summed E-state index contributed by atoms with van der Waals surface area (Å²) in [5.74, 6) is 2.33. The molecule has 0 spiro atoms. The van der Waals surface area contributed by atoms with Gasteiger partial charge in [0.05, 0.1) is 0 Å². The molecular weight excluding hydrogens is 284 g/mol. The number of hydrogen-bond acceptors (Lipinski definition) is 6. The molecule has 0 aromatic carbocycles. The Kier molecular flexibility index (Phi) is 5.95. The normalized spacial score (nSPS) is 12.1. The predicted octanol–water partition coefficient (Wildman–Crippen LogP) is 3.16. The summed E-state index contributed by atoms with van der Waals surface area (Å²) in [4.78, 5) is 8.90. The Hall–Kier alpha value is -1.66. The van der Waals surface area contributed by atoms with Crippen LogP contribution in [-0.2, 0) is 17.8 Å². The van der Waals surface area contributed by atoms with Crippen molar-refractivity contribution in [1.29, 1.82) is 0 Å². The number of aromatic nitrogens is 2. The number of nitrogens with one attached hydrogen (secondary N) is 2. The van der Waals surface area contributed by atoms with E-state index in [1.54, 1.807) is 18.4 Å². The summed E-state index contributed by atoms with van der Waals surface area (Å²) in [5, 5.41) is 10.9. The van der Waals surface area contributed by atoms with Gasteiger partial charge in [0.15, 0.2) is 5.82 Å². The Bertz CT molecular complexity index is 520. The molecule has 2 aromatic heterocycles. The Morgan fingerprint density at radius 3 is 2.81 bits per heavy atom. The van der Waals surface area contributed by atoms with Crippen molar-refractivity contribution in [3.05, 3.63) is 34.3 Å². The zero-order valence-corrected chi connectivity index (χ0v) is 13.5. The molecule has 0 radical (unpaired) electrons. The molecule has 0 fully saturated rings. The lowest BCUT2D eigenvalue weighted by Crippen LogP contribution is -2.19. The van der Waals surface area contributed by atoms with Gasteiger partial charge >= 0.3 is 0 Å². The number of ether oxygens (including phenoxy) is 1. The van der Waals surface area contributed by atoms with Crippen LogP contribution in [0.3, 0.4) is 0 Å². The maximum Gasteiger partial charge on any atom is 0.158 e. The standard InChI is InChI=1S/C15H22N4OS/c1-4-16-13-8-14(19-15(18-13)9-20-3)17-11(2)7-12-5-6-21-10-12/h5-6,8,10-11H,4,7,9H2,1-3H3,(H2,16,17,18,19). The third kappa shape index (κ3) is 4.99. The van der Waals surface area contributed by atoms with Crippen LogP contribution in [0.5, 0.6) is 0 Å². The number of hydrogen-bond donors (Lipinski definition) is 2. The van der Waals surface area contributed by atoms with Gasteiger partial charge in [-0.05, 0) is 42.7 Å². The molecule has 2 aromatic rings. The highest BCUT2D eigenvalue weighted by Crippen LogP contribution is 2.15. The highest BCUT2D eigenvalue weighted by atomic mass is 32.1. The molecular formula is C15H22N4OS. The molecule has 1 atom stereocenters. The van der Waals surface area contributed by atoms with Gasteiger partial charge in [-0.3, -0.25) is 0 Å². The lowest BCUT2D eigenvalue weighted by molar-refractivity contribution is 0.178. The van der Waals surface area contributed by atoms with E-state index in [-0.39, 0.29) is 0 Å². The first kappa shape index (κ1) is 15.7. The lowest BCUT2D eigenvalue weighted by Gasteiger charge is -2.15. The highest BCUT2D eigenvalue weighted by molar-refractivity contribution is 7.07. The van der Waals surface area contributed by atoms with Crippen LogP contribution in [0.4, 0.5) is 11.6 Å². The molecule has 0 aliphatic carbocycles. The van der Waals surface area contributed by atoms with Gasteiger partial charge in [-0.15, -0.1) is 0 Å². The van der Waals surface area contributed by atoms with Gasteiger partial charge in [0.2, 0.25) is 0 Å². The van der Waals surface area contributed by atoms with Crippen molar-refractivity contribution in [3.8, 4) is 0 Å². The van der Waals surface area contributed by atoms with E-state index in [0.29, 0.717) is 18.5 Å². The van der Waals surface area contributed by atoms with Crippen LogP contribution in [-0.4, -0.2) is 29.7 Å². The van der Waals surface area contributed by atoms with Gasteiger partial charge in [0, 0.05) is 25.8 Å². The Morgan fingerprint density at radius 1 is 1.33 bits per heavy atom. The third-order valence-corrected chi connectivity index (χ3v) is 3.65. The second kappa shape index (κ2) is 7.95. The fourth-order valence-electron chi connectivity index (χ4n) is 2.10. The Morgan fingerprint density at radius 2 is 2.14 bits per heavy atom. The van der Waals surface area contributed by atoms with Gasteiger partial charge in [0.25, 0.3) is 0 Å². The monoisotopic (exact) mass is 306 g/mol. The van der Waals surface area contributed by atoms with E-state index in [0.717, 1.165) is 24.6 Å². The fourth-order valence-corrected chi connectivity index (χ4v) is 2.78. The van der Waals surface area contributed by atoms with E-state index in [4.69, 9.17) is 4.74 Å². The van der Waals surface area contributed by atoms with Gasteiger partial charge in [0.1, 0.15) is 18.2 Å². The van der Waals surface area contributed by atoms with Gasteiger partial charge in [-0.25, -0.2) is 9.97 Å². The highest BCUT2D eigenvalue weighted by Gasteiger charge is 2.08. The molecule has 0 amide bonds. The number of rotatable bonds is 8. The van der Waals surface area contributed by atoms with Crippen molar-refractivity contribution >= 4 is 23.0 Å². The van der Waals surface area contributed by atoms with Crippen molar-refractivity contribution in [2.45, 2.75) is 32.9 Å². The van der Waals surface area contributed by atoms with Crippen LogP contribution in [0.1, 0.15) is 25.2 Å². The molecule has 1 unspecified atom stereocenters. The van der Waals surface area contributed by atoms with Crippen molar-refractivity contribution in [2.75, 3.05) is 24.3 Å². The largest absolute Gasteiger partial charge is 0.377 e. The molecule has 0 saturated heterocycles. The van der Waals surface area contributed by atoms with Crippen molar-refractivity contribution < 1.29 is 4.74 Å². The summed E-state index contributed by atoms with van der Waals surface area (Å²) in [6.07, 6.45) is 0.976. The number of methoxy groups -OCH3 is 1. The summed E-state index contributed by atoms with van der Waals surface area (Å²) >= 11 is 1.73. The van der Waals surface area contributed by atoms with Gasteiger partial charge < -0.3 is 15.4 Å². The van der Waals surface area contributed by atoms with Crippen molar-refractivity contribution in [2.24, 2.45) is 0 Å². The quantitative estimate of drug-likeness (QED) is 0.784. The molecule has 6 heteroatoms. The molecule has 2 rings (SSSR count). The van der Waals surface area contributed by atoms with E-state index < -0.39 is 0 Å². The summed E-state index contributed by atoms with van der Waals surface area (Å²) in [6.45, 7) is 5.44. The summed E-state index contributed by atoms with van der Waals surface area (Å²) < 4.78 is 5.13. The fraction of sp³-hybridized carbons (Fsp3) is 0.467. The smallest absolute Gasteiger partial charge is 0.158 e. The van der Waals surface area contributed by atoms with Crippen LogP contribution in [0.15, 0.2) is 22.9 Å². The van der Waals surface area contributed by atoms with Crippen LogP contribution < -0.4 is 10.6 Å². The Labute approximate surface area is 129 Å². The van der Waals surface area contributed by atoms with Crippen LogP contribution in [0.2, 0.25) is 0 Å². The summed E-state index contributed by atoms with van der Waals surface area (Å²) in [5.41, 5.74) is 1.35. The number of anilines is 2. The van der Waals surface area contributed by atoms with E-state index in [2.05, 4.69) is 44.4 Å². The predicted molar refractivity (Wildman–Crippen MR) is 88.0 cm³/mol. The topological polar surface area (TPSA) is 59.1 Å². The minimum Gasteiger partial charge on any atom is -0.377 e. The first-order valence-electron chi connectivity index (χ1n) is 7.09. The lowest BCUT2D eigenvalue weighted by atomic mass is 10.1. The summed E-state index contributed by atoms with van der Waals surface area (Å²) in [7, 11) is 1.65. The minimum atomic E-state index is 0.305. The van der Waals surface area contributed by atoms with Crippen molar-refractivity contribution in [3.63, 3.8) is 0 Å². The average Bonchev–Trinajstić information content (AvgIpc) is 2.91. The minimum absolute atomic E-state index is 0.305. The first-order valence-corrected chi connectivity index (χ1v) is 8.04. The molecule has 0 bridgehead atoms. The first-order chi connectivity index (χ1) is 10.2. The molecule has 2 N–H and O–H groups in total. The average molecular weight is 306 g/mol. The molecule has 114 valence electrons. The molecule has 0 aliphatic rings. The van der Waals surface area contributed by atoms with Gasteiger partial charge in [-0.2, -0.15) is 11.3 Å². The molecule has 21 heavy (non-hydrogen) atoms. The van der Waals surface area contributed by atoms with Gasteiger partial charge in [-0.1, -0.05) is 0 Å². The zero-order valence-electron chi connectivity index (χ0n) is 12.7. The molecule has 5 nitrogen and oxygen atoms in total. The number of thiophene rings is 1. The van der Waals surface area contributed by atoms with E-state index in [9.17, 15) is 0 Å². The molecule has 2 heterocycles. The Balaban J connectivity index is 2.06. The van der Waals surface area contributed by atoms with Crippen LogP contribution >= 0.6 is 11.3 Å². The van der Waals surface area contributed by atoms with Crippen LogP contribution in [0.25, 0.3) is 0 Å². The summed E-state index contributed by atoms with van der Waals surface area (Å²) in [6, 6.07) is 4.40. The number of nitrogens with zero attached hydrogens (tertiary/aromatic N) is 2. The second-order valence-corrected chi connectivity index (χ2v) is 5.68. The zero-order chi connectivity index (χ0) is 15.1. The second-order valence-electron chi connectivity index (χ2n) is 4.90. The third-order valence-electron chi connectivity index (χ3n) is 2.92. The maximum absolute atomic E-state index is 5.13. The van der Waals surface area contributed by atoms with E-state index >= 15 is 0 Å². The van der Waals surface area contributed by atoms with E-state index in [1.165, 1.54) is 5.56 Å². The van der Waals surface area contributed by atoms with E-state index in [1.807, 2.05) is 13.0 Å². The maximum atomic E-state index is 5.13. The molecule has 0 aliphatic heterocycles. The van der Waals surface area contributed by atoms with Crippen molar-refractivity contribution in [1.82, 2.24) is 9.97 Å². The van der Waals surface area contributed by atoms with Crippen LogP contribution in [0, 0.1) is 0 Å².